The van der Waals surface area contributed by atoms with Gasteiger partial charge in [-0.1, -0.05) is 0 Å². The van der Waals surface area contributed by atoms with Gasteiger partial charge in [-0.25, -0.2) is 9.59 Å². The van der Waals surface area contributed by atoms with Crippen molar-refractivity contribution in [2.45, 2.75) is 0 Å². The lowest BCUT2D eigenvalue weighted by Crippen LogP contribution is -2.14. The number of ether oxygens (including phenoxy) is 3. The first-order valence-electron chi connectivity index (χ1n) is 2.93. The predicted molar refractivity (Wildman–Crippen MR) is 31.8 cm³/mol. The van der Waals surface area contributed by atoms with Gasteiger partial charge in [0.05, 0.1) is 0 Å². The summed E-state index contributed by atoms with van der Waals surface area (Å²) < 4.78 is 17.5. The van der Waals surface area contributed by atoms with Gasteiger partial charge in [0.2, 0.25) is 11.5 Å². The third-order valence-corrected chi connectivity index (χ3v) is 1.15. The molecule has 1 aliphatic heterocycles. The smallest absolute Gasteiger partial charge is 0.465 e. The van der Waals surface area contributed by atoms with E-state index in [4.69, 9.17) is 0 Å². The summed E-state index contributed by atoms with van der Waals surface area (Å²) in [7, 11) is 0. The second-order valence-electron chi connectivity index (χ2n) is 1.91. The second-order valence-corrected chi connectivity index (χ2v) is 1.91. The van der Waals surface area contributed by atoms with Crippen LogP contribution in [0.15, 0.2) is 16.9 Å². The normalized spacial score (nSPS) is 15.3. The van der Waals surface area contributed by atoms with Crippen LogP contribution in [0.25, 0.3) is 0 Å². The van der Waals surface area contributed by atoms with E-state index < -0.39 is 12.3 Å². The first-order chi connectivity index (χ1) is 5.75. The van der Waals surface area contributed by atoms with Crippen LogP contribution in [0.2, 0.25) is 0 Å². The average Bonchev–Trinajstić information content (AvgIpc) is 2.31. The summed E-state index contributed by atoms with van der Waals surface area (Å²) in [5.74, 6) is 0.0386. The minimum Gasteiger partial charge on any atom is -0.465 e. The molecule has 0 bridgehead atoms. The number of rotatable bonds is 0. The number of furan rings is 1. The van der Waals surface area contributed by atoms with Gasteiger partial charge in [0.1, 0.15) is 12.5 Å². The van der Waals surface area contributed by atoms with Crippen LogP contribution in [0.1, 0.15) is 0 Å². The predicted octanol–water partition coefficient (Wildman–Crippen LogP) is 1.31. The van der Waals surface area contributed by atoms with Gasteiger partial charge in [-0.05, 0) is 0 Å². The molecule has 0 unspecified atom stereocenters. The standard InChI is InChI=1S/C6H2O6/c7-5-10-3-1-9-2-4(3)11-6(8)12-5/h1-2H. The third-order valence-electron chi connectivity index (χ3n) is 1.15. The lowest BCUT2D eigenvalue weighted by atomic mass is 10.5. The molecule has 2 rings (SSSR count). The molecule has 0 saturated carbocycles. The van der Waals surface area contributed by atoms with Crippen LogP contribution in [-0.4, -0.2) is 12.3 Å². The maximum Gasteiger partial charge on any atom is 0.524 e. The number of hydrogen-bond acceptors (Lipinski definition) is 6. The highest BCUT2D eigenvalue weighted by Gasteiger charge is 2.25. The Bertz CT molecular complexity index is 307. The topological polar surface area (TPSA) is 75.0 Å². The molecule has 2 heterocycles. The largest absolute Gasteiger partial charge is 0.524 e. The van der Waals surface area contributed by atoms with Crippen LogP contribution < -0.4 is 9.47 Å². The number of fused-ring (bicyclic) bond motifs is 1. The molecule has 6 heteroatoms. The molecular formula is C6H2O6. The van der Waals surface area contributed by atoms with Gasteiger partial charge >= 0.3 is 12.3 Å². The number of carbonyl (C=O) groups excluding carboxylic acids is 2. The maximum absolute atomic E-state index is 10.6. The fourth-order valence-corrected chi connectivity index (χ4v) is 0.712. The average molecular weight is 170 g/mol. The molecule has 0 saturated heterocycles. The van der Waals surface area contributed by atoms with Gasteiger partial charge in [-0.15, -0.1) is 0 Å². The Labute approximate surface area is 65.6 Å². The summed E-state index contributed by atoms with van der Waals surface area (Å²) in [6, 6.07) is 0. The molecular weight excluding hydrogens is 168 g/mol. The van der Waals surface area contributed by atoms with Crippen molar-refractivity contribution in [1.29, 1.82) is 0 Å². The SMILES string of the molecule is O=C1OC(=O)Oc2cocc2O1. The monoisotopic (exact) mass is 170 g/mol. The number of carbonyl (C=O) groups is 2. The minimum absolute atomic E-state index is 0.0193. The summed E-state index contributed by atoms with van der Waals surface area (Å²) in [5.41, 5.74) is 0. The molecule has 0 aliphatic carbocycles. The number of cyclic esters (lactones) is 2. The summed E-state index contributed by atoms with van der Waals surface area (Å²) in [6.45, 7) is 0. The molecule has 0 aromatic carbocycles. The summed E-state index contributed by atoms with van der Waals surface area (Å²) in [4.78, 5) is 21.1. The summed E-state index contributed by atoms with van der Waals surface area (Å²) in [6.07, 6.45) is -0.0370. The van der Waals surface area contributed by atoms with Crippen molar-refractivity contribution in [3.8, 4) is 11.5 Å². The van der Waals surface area contributed by atoms with E-state index in [1.807, 2.05) is 0 Å². The van der Waals surface area contributed by atoms with E-state index in [1.165, 1.54) is 0 Å². The zero-order chi connectivity index (χ0) is 8.55. The van der Waals surface area contributed by atoms with Crippen LogP contribution in [0.3, 0.4) is 0 Å². The van der Waals surface area contributed by atoms with Gasteiger partial charge < -0.3 is 18.6 Å². The molecule has 1 aromatic rings. The molecule has 0 fully saturated rings. The van der Waals surface area contributed by atoms with Crippen LogP contribution in [-0.2, 0) is 4.74 Å². The first-order valence-corrected chi connectivity index (χ1v) is 2.93. The molecule has 62 valence electrons. The summed E-state index contributed by atoms with van der Waals surface area (Å²) >= 11 is 0. The second kappa shape index (κ2) is 2.26. The Balaban J connectivity index is 2.39. The Morgan fingerprint density at radius 2 is 1.33 bits per heavy atom. The first kappa shape index (κ1) is 6.71. The molecule has 0 atom stereocenters. The number of hydrogen-bond donors (Lipinski definition) is 0. The molecule has 1 aliphatic rings. The molecule has 0 spiro atoms. The highest BCUT2D eigenvalue weighted by Crippen LogP contribution is 2.30. The molecule has 0 N–H and O–H groups in total. The van der Waals surface area contributed by atoms with Crippen molar-refractivity contribution < 1.29 is 28.2 Å². The van der Waals surface area contributed by atoms with Gasteiger partial charge in [0.15, 0.2) is 0 Å². The molecule has 1 aromatic heterocycles. The fraction of sp³-hybridized carbons (Fsp3) is 0. The van der Waals surface area contributed by atoms with E-state index in [9.17, 15) is 9.59 Å². The van der Waals surface area contributed by atoms with E-state index in [2.05, 4.69) is 18.6 Å². The van der Waals surface area contributed by atoms with E-state index in [0.717, 1.165) is 12.5 Å². The highest BCUT2D eigenvalue weighted by molar-refractivity contribution is 5.82. The quantitative estimate of drug-likeness (QED) is 0.431. The van der Waals surface area contributed by atoms with E-state index >= 15 is 0 Å². The highest BCUT2D eigenvalue weighted by atomic mass is 16.8. The van der Waals surface area contributed by atoms with Crippen LogP contribution in [0.5, 0.6) is 11.5 Å². The van der Waals surface area contributed by atoms with Crippen molar-refractivity contribution in [2.75, 3.05) is 0 Å². The van der Waals surface area contributed by atoms with Crippen molar-refractivity contribution in [3.63, 3.8) is 0 Å². The van der Waals surface area contributed by atoms with E-state index in [0.29, 0.717) is 0 Å². The lowest BCUT2D eigenvalue weighted by Gasteiger charge is -1.92. The Morgan fingerprint density at radius 1 is 0.833 bits per heavy atom. The van der Waals surface area contributed by atoms with Crippen molar-refractivity contribution in [2.24, 2.45) is 0 Å². The van der Waals surface area contributed by atoms with Crippen LogP contribution in [0.4, 0.5) is 9.59 Å². The zero-order valence-corrected chi connectivity index (χ0v) is 5.60. The van der Waals surface area contributed by atoms with E-state index in [-0.39, 0.29) is 11.5 Å². The van der Waals surface area contributed by atoms with Crippen molar-refractivity contribution in [1.82, 2.24) is 0 Å². The van der Waals surface area contributed by atoms with E-state index in [1.54, 1.807) is 0 Å². The lowest BCUT2D eigenvalue weighted by molar-refractivity contribution is 0.0988. The molecule has 0 radical (unpaired) electrons. The van der Waals surface area contributed by atoms with Gasteiger partial charge in [0, 0.05) is 0 Å². The van der Waals surface area contributed by atoms with Gasteiger partial charge in [0.25, 0.3) is 0 Å². The van der Waals surface area contributed by atoms with Crippen molar-refractivity contribution in [3.05, 3.63) is 12.5 Å². The maximum atomic E-state index is 10.6. The Kier molecular flexibility index (Phi) is 1.26. The van der Waals surface area contributed by atoms with Gasteiger partial charge in [-0.3, -0.25) is 0 Å². The zero-order valence-electron chi connectivity index (χ0n) is 5.60. The third kappa shape index (κ3) is 0.986. The molecule has 12 heavy (non-hydrogen) atoms. The Morgan fingerprint density at radius 3 is 1.83 bits per heavy atom. The Hall–Kier alpha value is -1.98. The van der Waals surface area contributed by atoms with Crippen LogP contribution in [0, 0.1) is 0 Å². The van der Waals surface area contributed by atoms with Crippen LogP contribution >= 0.6 is 0 Å². The minimum atomic E-state index is -1.14. The van der Waals surface area contributed by atoms with Gasteiger partial charge in [-0.2, -0.15) is 0 Å². The molecule has 6 nitrogen and oxygen atoms in total. The molecule has 0 amide bonds. The van der Waals surface area contributed by atoms with Crippen molar-refractivity contribution >= 4 is 12.3 Å². The fourth-order valence-electron chi connectivity index (χ4n) is 0.712. The summed E-state index contributed by atoms with van der Waals surface area (Å²) in [5, 5.41) is 0.